The molecule has 0 amide bonds. The normalized spacial score (nSPS) is 12.1. The molecule has 0 unspecified atom stereocenters. The lowest BCUT2D eigenvalue weighted by Crippen LogP contribution is -2.05. The average molecular weight is 303 g/mol. The summed E-state index contributed by atoms with van der Waals surface area (Å²) in [6.07, 6.45) is -4.98. The number of methoxy groups -OCH3 is 2. The number of aromatic nitrogens is 1. The van der Waals surface area contributed by atoms with Gasteiger partial charge in [0.25, 0.3) is 0 Å². The van der Waals surface area contributed by atoms with Crippen LogP contribution in [0.2, 0.25) is 0 Å². The summed E-state index contributed by atoms with van der Waals surface area (Å²) in [7, 11) is 2.94. The molecule has 2 rings (SSSR count). The zero-order valence-corrected chi connectivity index (χ0v) is 11.6. The van der Waals surface area contributed by atoms with Gasteiger partial charge in [0.15, 0.2) is 0 Å². The second-order valence-corrected chi connectivity index (χ2v) is 4.82. The molecule has 1 heterocycles. The van der Waals surface area contributed by atoms with E-state index in [1.165, 1.54) is 31.6 Å². The topological polar surface area (TPSA) is 31.4 Å². The summed E-state index contributed by atoms with van der Waals surface area (Å²) in [6.45, 7) is 0. The largest absolute Gasteiger partial charge is 0.416 e. The fourth-order valence-corrected chi connectivity index (χ4v) is 2.51. The van der Waals surface area contributed by atoms with Gasteiger partial charge in [-0.15, -0.1) is 11.3 Å². The molecule has 1 aromatic heterocycles. The van der Waals surface area contributed by atoms with Crippen LogP contribution in [0.25, 0.3) is 10.6 Å². The fourth-order valence-electron chi connectivity index (χ4n) is 1.69. The molecule has 20 heavy (non-hydrogen) atoms. The van der Waals surface area contributed by atoms with Gasteiger partial charge in [0.2, 0.25) is 6.29 Å². The standard InChI is InChI=1S/C13H12F3NO2S/c1-18-12(19-2)10-7-20-11(17-10)8-4-3-5-9(6-8)13(14,15)16/h3-7,12H,1-2H3. The molecule has 1 aromatic carbocycles. The Morgan fingerprint density at radius 3 is 2.50 bits per heavy atom. The summed E-state index contributed by atoms with van der Waals surface area (Å²) in [4.78, 5) is 4.25. The first-order valence-corrected chi connectivity index (χ1v) is 6.52. The Balaban J connectivity index is 2.33. The highest BCUT2D eigenvalue weighted by Gasteiger charge is 2.30. The molecule has 0 aliphatic carbocycles. The minimum atomic E-state index is -4.36. The maximum absolute atomic E-state index is 12.7. The lowest BCUT2D eigenvalue weighted by Gasteiger charge is -2.09. The number of hydrogen-bond acceptors (Lipinski definition) is 4. The molecular weight excluding hydrogens is 291 g/mol. The van der Waals surface area contributed by atoms with Crippen LogP contribution in [-0.2, 0) is 15.7 Å². The first kappa shape index (κ1) is 15.0. The first-order valence-electron chi connectivity index (χ1n) is 5.64. The number of halogens is 3. The van der Waals surface area contributed by atoms with Gasteiger partial charge in [-0.3, -0.25) is 0 Å². The number of nitrogens with zero attached hydrogens (tertiary/aromatic N) is 1. The van der Waals surface area contributed by atoms with E-state index in [0.29, 0.717) is 16.3 Å². The highest BCUT2D eigenvalue weighted by molar-refractivity contribution is 7.13. The summed E-state index contributed by atoms with van der Waals surface area (Å²) in [5.74, 6) is 0. The molecule has 0 atom stereocenters. The van der Waals surface area contributed by atoms with Crippen LogP contribution < -0.4 is 0 Å². The lowest BCUT2D eigenvalue weighted by atomic mass is 10.1. The van der Waals surface area contributed by atoms with Crippen molar-refractivity contribution in [2.45, 2.75) is 12.5 Å². The lowest BCUT2D eigenvalue weighted by molar-refractivity contribution is -0.137. The van der Waals surface area contributed by atoms with Gasteiger partial charge in [0, 0.05) is 25.2 Å². The minimum Gasteiger partial charge on any atom is -0.350 e. The Kier molecular flexibility index (Phi) is 4.42. The van der Waals surface area contributed by atoms with E-state index in [4.69, 9.17) is 9.47 Å². The molecule has 0 bridgehead atoms. The van der Waals surface area contributed by atoms with E-state index in [2.05, 4.69) is 4.98 Å². The van der Waals surface area contributed by atoms with Crippen molar-refractivity contribution in [1.29, 1.82) is 0 Å². The number of thiazole rings is 1. The SMILES string of the molecule is COC(OC)c1csc(-c2cccc(C(F)(F)F)c2)n1. The summed E-state index contributed by atoms with van der Waals surface area (Å²) in [5.41, 5.74) is 0.260. The summed E-state index contributed by atoms with van der Waals surface area (Å²) < 4.78 is 48.1. The Morgan fingerprint density at radius 1 is 1.20 bits per heavy atom. The number of benzene rings is 1. The Labute approximate surface area is 118 Å². The third-order valence-electron chi connectivity index (χ3n) is 2.63. The molecule has 108 valence electrons. The van der Waals surface area contributed by atoms with Crippen molar-refractivity contribution in [2.75, 3.05) is 14.2 Å². The average Bonchev–Trinajstić information content (AvgIpc) is 2.89. The molecule has 0 aliphatic rings. The van der Waals surface area contributed by atoms with Crippen molar-refractivity contribution < 1.29 is 22.6 Å². The minimum absolute atomic E-state index is 0.419. The Morgan fingerprint density at radius 2 is 1.90 bits per heavy atom. The van der Waals surface area contributed by atoms with E-state index in [1.54, 1.807) is 11.4 Å². The van der Waals surface area contributed by atoms with Crippen LogP contribution in [0.5, 0.6) is 0 Å². The van der Waals surface area contributed by atoms with Crippen LogP contribution in [-0.4, -0.2) is 19.2 Å². The summed E-state index contributed by atoms with van der Waals surface area (Å²) >= 11 is 1.24. The van der Waals surface area contributed by atoms with Crippen molar-refractivity contribution in [3.05, 3.63) is 40.9 Å². The third-order valence-corrected chi connectivity index (χ3v) is 3.54. The van der Waals surface area contributed by atoms with Gasteiger partial charge in [-0.25, -0.2) is 4.98 Å². The maximum atomic E-state index is 12.7. The van der Waals surface area contributed by atoms with Gasteiger partial charge >= 0.3 is 6.18 Å². The second kappa shape index (κ2) is 5.90. The smallest absolute Gasteiger partial charge is 0.350 e. The molecule has 0 saturated heterocycles. The third kappa shape index (κ3) is 3.17. The van der Waals surface area contributed by atoms with Gasteiger partial charge < -0.3 is 9.47 Å². The van der Waals surface area contributed by atoms with E-state index >= 15 is 0 Å². The van der Waals surface area contributed by atoms with E-state index in [0.717, 1.165) is 12.1 Å². The first-order chi connectivity index (χ1) is 9.45. The molecule has 7 heteroatoms. The Hall–Kier alpha value is -1.44. The molecule has 3 nitrogen and oxygen atoms in total. The number of ether oxygens (including phenoxy) is 2. The molecule has 0 aliphatic heterocycles. The quantitative estimate of drug-likeness (QED) is 0.796. The molecular formula is C13H12F3NO2S. The molecule has 0 saturated carbocycles. The van der Waals surface area contributed by atoms with Crippen molar-refractivity contribution in [3.63, 3.8) is 0 Å². The number of hydrogen-bond donors (Lipinski definition) is 0. The molecule has 2 aromatic rings. The van der Waals surface area contributed by atoms with Gasteiger partial charge in [0.1, 0.15) is 10.7 Å². The van der Waals surface area contributed by atoms with Crippen LogP contribution in [0.1, 0.15) is 17.5 Å². The van der Waals surface area contributed by atoms with Crippen molar-refractivity contribution in [3.8, 4) is 10.6 Å². The van der Waals surface area contributed by atoms with E-state index in [-0.39, 0.29) is 0 Å². The molecule has 0 spiro atoms. The van der Waals surface area contributed by atoms with Crippen LogP contribution in [0, 0.1) is 0 Å². The van der Waals surface area contributed by atoms with Gasteiger partial charge in [0.05, 0.1) is 5.56 Å². The van der Waals surface area contributed by atoms with Gasteiger partial charge in [-0.05, 0) is 12.1 Å². The molecule has 0 radical (unpaired) electrons. The van der Waals surface area contributed by atoms with Crippen LogP contribution in [0.4, 0.5) is 13.2 Å². The zero-order chi connectivity index (χ0) is 14.8. The van der Waals surface area contributed by atoms with Crippen molar-refractivity contribution >= 4 is 11.3 Å². The van der Waals surface area contributed by atoms with E-state index < -0.39 is 18.0 Å². The molecule has 0 fully saturated rings. The van der Waals surface area contributed by atoms with Crippen LogP contribution in [0.3, 0.4) is 0 Å². The fraction of sp³-hybridized carbons (Fsp3) is 0.308. The van der Waals surface area contributed by atoms with Crippen molar-refractivity contribution in [1.82, 2.24) is 4.98 Å². The summed E-state index contributed by atoms with van der Waals surface area (Å²) in [6, 6.07) is 5.07. The second-order valence-electron chi connectivity index (χ2n) is 3.96. The summed E-state index contributed by atoms with van der Waals surface area (Å²) in [5, 5.41) is 2.19. The monoisotopic (exact) mass is 303 g/mol. The zero-order valence-electron chi connectivity index (χ0n) is 10.8. The highest BCUT2D eigenvalue weighted by Crippen LogP contribution is 2.33. The number of rotatable bonds is 4. The van der Waals surface area contributed by atoms with E-state index in [9.17, 15) is 13.2 Å². The molecule has 0 N–H and O–H groups in total. The Bertz CT molecular complexity index is 579. The van der Waals surface area contributed by atoms with Crippen LogP contribution in [0.15, 0.2) is 29.6 Å². The predicted molar refractivity (Wildman–Crippen MR) is 69.3 cm³/mol. The maximum Gasteiger partial charge on any atom is 0.416 e. The highest BCUT2D eigenvalue weighted by atomic mass is 32.1. The predicted octanol–water partition coefficient (Wildman–Crippen LogP) is 4.12. The van der Waals surface area contributed by atoms with E-state index in [1.807, 2.05) is 0 Å². The van der Waals surface area contributed by atoms with Gasteiger partial charge in [-0.2, -0.15) is 13.2 Å². The van der Waals surface area contributed by atoms with Crippen molar-refractivity contribution in [2.24, 2.45) is 0 Å². The number of alkyl halides is 3. The van der Waals surface area contributed by atoms with Gasteiger partial charge in [-0.1, -0.05) is 12.1 Å². The van der Waals surface area contributed by atoms with Crippen LogP contribution >= 0.6 is 11.3 Å².